The van der Waals surface area contributed by atoms with E-state index in [2.05, 4.69) is 27.1 Å². The van der Waals surface area contributed by atoms with Gasteiger partial charge in [-0.1, -0.05) is 41.9 Å². The smallest absolute Gasteiger partial charge is 0.276 e. The van der Waals surface area contributed by atoms with Gasteiger partial charge in [0.05, 0.1) is 19.9 Å². The lowest BCUT2D eigenvalue weighted by molar-refractivity contribution is -0.486. The molecule has 1 fully saturated rings. The molecule has 0 amide bonds. The number of nitro groups is 1. The van der Waals surface area contributed by atoms with E-state index >= 15 is 0 Å². The van der Waals surface area contributed by atoms with Crippen LogP contribution in [-0.4, -0.2) is 51.1 Å². The number of benzene rings is 1. The van der Waals surface area contributed by atoms with Gasteiger partial charge in [-0.05, 0) is 5.56 Å². The Morgan fingerprint density at radius 3 is 2.72 bits per heavy atom. The summed E-state index contributed by atoms with van der Waals surface area (Å²) >= 11 is 7.25. The van der Waals surface area contributed by atoms with Gasteiger partial charge in [0.15, 0.2) is 9.50 Å². The molecule has 0 bridgehead atoms. The second kappa shape index (κ2) is 7.77. The molecule has 0 saturated carbocycles. The number of rotatable bonds is 5. The highest BCUT2D eigenvalue weighted by Crippen LogP contribution is 2.22. The van der Waals surface area contributed by atoms with Gasteiger partial charge >= 0.3 is 0 Å². The number of hydrazone groups is 1. The minimum absolute atomic E-state index is 0.332. The van der Waals surface area contributed by atoms with Crippen LogP contribution in [0.1, 0.15) is 10.4 Å². The van der Waals surface area contributed by atoms with E-state index in [1.54, 1.807) is 18.1 Å². The van der Waals surface area contributed by atoms with E-state index in [0.29, 0.717) is 30.3 Å². The minimum Gasteiger partial charge on any atom is -0.328 e. The van der Waals surface area contributed by atoms with Crippen molar-refractivity contribution in [3.05, 3.63) is 61.6 Å². The zero-order chi connectivity index (χ0) is 17.8. The van der Waals surface area contributed by atoms with Crippen molar-refractivity contribution in [1.29, 1.82) is 0 Å². The first kappa shape index (κ1) is 17.6. The fourth-order valence-corrected chi connectivity index (χ4v) is 3.77. The summed E-state index contributed by atoms with van der Waals surface area (Å²) in [6, 6.07) is 10.1. The first-order valence-corrected chi connectivity index (χ1v) is 8.76. The average Bonchev–Trinajstić information content (AvgIpc) is 2.96. The van der Waals surface area contributed by atoms with Crippen LogP contribution < -0.4 is 0 Å². The summed E-state index contributed by atoms with van der Waals surface area (Å²) in [6.07, 6.45) is 1.69. The number of hydrogen-bond donors (Lipinski definition) is 0. The lowest BCUT2D eigenvalue weighted by Gasteiger charge is -2.41. The van der Waals surface area contributed by atoms with Gasteiger partial charge in [-0.2, -0.15) is 0 Å². The van der Waals surface area contributed by atoms with E-state index in [9.17, 15) is 10.1 Å². The Balaban J connectivity index is 1.79. The SMILES string of the molecule is CN1CN(Cc2ccccc2)CN(Cc2cnc(Cl)s2)/C1=N\[N+](=O)[O-]. The van der Waals surface area contributed by atoms with Crippen molar-refractivity contribution in [2.75, 3.05) is 20.4 Å². The number of hydrogen-bond acceptors (Lipinski definition) is 5. The van der Waals surface area contributed by atoms with Gasteiger partial charge in [-0.25, -0.2) is 15.1 Å². The summed E-state index contributed by atoms with van der Waals surface area (Å²) in [5.41, 5.74) is 1.19. The fraction of sp³-hybridized carbons (Fsp3) is 0.333. The molecule has 25 heavy (non-hydrogen) atoms. The zero-order valence-electron chi connectivity index (χ0n) is 13.6. The monoisotopic (exact) mass is 380 g/mol. The predicted octanol–water partition coefficient (Wildman–Crippen LogP) is 2.51. The molecule has 0 spiro atoms. The third kappa shape index (κ3) is 4.65. The average molecular weight is 381 g/mol. The van der Waals surface area contributed by atoms with Crippen LogP contribution in [0.4, 0.5) is 0 Å². The van der Waals surface area contributed by atoms with Crippen molar-refractivity contribution in [3.8, 4) is 0 Å². The second-order valence-electron chi connectivity index (χ2n) is 5.71. The van der Waals surface area contributed by atoms with E-state index in [4.69, 9.17) is 11.6 Å². The van der Waals surface area contributed by atoms with Crippen molar-refractivity contribution in [3.63, 3.8) is 0 Å². The fourth-order valence-electron chi connectivity index (χ4n) is 2.77. The highest BCUT2D eigenvalue weighted by molar-refractivity contribution is 7.15. The van der Waals surface area contributed by atoms with Gasteiger partial charge in [0.25, 0.3) is 5.96 Å². The molecule has 0 radical (unpaired) electrons. The molecule has 10 heteroatoms. The van der Waals surface area contributed by atoms with Crippen LogP contribution in [0.3, 0.4) is 0 Å². The summed E-state index contributed by atoms with van der Waals surface area (Å²) in [5, 5.41) is 13.8. The second-order valence-corrected chi connectivity index (χ2v) is 7.41. The molecule has 2 heterocycles. The summed E-state index contributed by atoms with van der Waals surface area (Å²) in [6.45, 7) is 2.30. The minimum atomic E-state index is -0.661. The summed E-state index contributed by atoms with van der Waals surface area (Å²) in [4.78, 5) is 21.7. The van der Waals surface area contributed by atoms with E-state index in [1.807, 2.05) is 23.1 Å². The Kier molecular flexibility index (Phi) is 5.47. The molecule has 1 saturated heterocycles. The number of halogens is 1. The number of thiazole rings is 1. The maximum Gasteiger partial charge on any atom is 0.276 e. The van der Waals surface area contributed by atoms with Crippen LogP contribution in [0.25, 0.3) is 0 Å². The topological polar surface area (TPSA) is 78.1 Å². The Bertz CT molecular complexity index is 768. The molecule has 2 aromatic rings. The van der Waals surface area contributed by atoms with Gasteiger partial charge in [0, 0.05) is 24.7 Å². The molecule has 0 unspecified atom stereocenters. The molecule has 1 aromatic carbocycles. The van der Waals surface area contributed by atoms with Gasteiger partial charge in [-0.3, -0.25) is 4.90 Å². The summed E-state index contributed by atoms with van der Waals surface area (Å²) < 4.78 is 0.453. The Morgan fingerprint density at radius 2 is 2.08 bits per heavy atom. The van der Waals surface area contributed by atoms with Crippen LogP contribution in [0.5, 0.6) is 0 Å². The third-order valence-electron chi connectivity index (χ3n) is 3.70. The van der Waals surface area contributed by atoms with Crippen molar-refractivity contribution < 1.29 is 5.03 Å². The molecular weight excluding hydrogens is 364 g/mol. The highest BCUT2D eigenvalue weighted by atomic mass is 35.5. The molecule has 1 aromatic heterocycles. The molecule has 0 atom stereocenters. The van der Waals surface area contributed by atoms with Crippen LogP contribution in [-0.2, 0) is 13.1 Å². The molecule has 1 aliphatic heterocycles. The van der Waals surface area contributed by atoms with Gasteiger partial charge in [-0.15, -0.1) is 11.3 Å². The zero-order valence-corrected chi connectivity index (χ0v) is 15.2. The first-order chi connectivity index (χ1) is 12.0. The first-order valence-electron chi connectivity index (χ1n) is 7.57. The van der Waals surface area contributed by atoms with Crippen LogP contribution >= 0.6 is 22.9 Å². The van der Waals surface area contributed by atoms with Crippen molar-refractivity contribution >= 4 is 28.9 Å². The van der Waals surface area contributed by atoms with Gasteiger partial charge < -0.3 is 9.80 Å². The van der Waals surface area contributed by atoms with E-state index in [-0.39, 0.29) is 0 Å². The molecule has 0 N–H and O–H groups in total. The van der Waals surface area contributed by atoms with Gasteiger partial charge in [0.1, 0.15) is 5.10 Å². The Labute approximate surface area is 154 Å². The molecule has 3 rings (SSSR count). The number of nitrogens with zero attached hydrogens (tertiary/aromatic N) is 6. The van der Waals surface area contributed by atoms with Crippen molar-refractivity contribution in [2.24, 2.45) is 5.10 Å². The molecule has 132 valence electrons. The number of guanidine groups is 1. The summed E-state index contributed by atoms with van der Waals surface area (Å²) in [7, 11) is 1.80. The Hall–Kier alpha value is -2.23. The maximum atomic E-state index is 10.9. The Morgan fingerprint density at radius 1 is 1.32 bits per heavy atom. The largest absolute Gasteiger partial charge is 0.328 e. The van der Waals surface area contributed by atoms with Crippen molar-refractivity contribution in [1.82, 2.24) is 19.7 Å². The van der Waals surface area contributed by atoms with Crippen LogP contribution in [0.15, 0.2) is 41.6 Å². The lowest BCUT2D eigenvalue weighted by atomic mass is 10.2. The highest BCUT2D eigenvalue weighted by Gasteiger charge is 2.29. The molecule has 8 nitrogen and oxygen atoms in total. The quantitative estimate of drug-likeness (QED) is 0.585. The lowest BCUT2D eigenvalue weighted by Crippen LogP contribution is -2.56. The standard InChI is InChI=1S/C15H17ClN6O2S/c1-19-10-20(8-12-5-3-2-4-6-12)11-21(15(19)18-22(23)24)9-13-7-17-14(16)25-13/h2-7H,8-11H2,1H3/b18-15-. The van der Waals surface area contributed by atoms with Gasteiger partial charge in [0.2, 0.25) is 0 Å². The molecule has 1 aliphatic rings. The predicted molar refractivity (Wildman–Crippen MR) is 96.6 cm³/mol. The van der Waals surface area contributed by atoms with E-state index < -0.39 is 5.03 Å². The normalized spacial score (nSPS) is 17.3. The maximum absolute atomic E-state index is 10.9. The molecule has 0 aliphatic carbocycles. The number of aromatic nitrogens is 1. The molecular formula is C15H17ClN6O2S. The van der Waals surface area contributed by atoms with Crippen molar-refractivity contribution in [2.45, 2.75) is 13.1 Å². The van der Waals surface area contributed by atoms with E-state index in [1.165, 1.54) is 16.9 Å². The van der Waals surface area contributed by atoms with E-state index in [0.717, 1.165) is 11.4 Å². The van der Waals surface area contributed by atoms with Crippen LogP contribution in [0, 0.1) is 10.1 Å². The third-order valence-corrected chi connectivity index (χ3v) is 4.80. The summed E-state index contributed by atoms with van der Waals surface area (Å²) in [5.74, 6) is 0.332. The van der Waals surface area contributed by atoms with Crippen LogP contribution in [0.2, 0.25) is 4.47 Å².